The first-order valence-electron chi connectivity index (χ1n) is 12.9. The number of thiophene rings is 1. The summed E-state index contributed by atoms with van der Waals surface area (Å²) >= 11 is 1.88. The van der Waals surface area contributed by atoms with Crippen LogP contribution in [0.1, 0.15) is 0 Å². The van der Waals surface area contributed by atoms with Gasteiger partial charge in [-0.15, -0.1) is 11.3 Å². The average Bonchev–Trinajstić information content (AvgIpc) is 3.53. The highest BCUT2D eigenvalue weighted by atomic mass is 32.1. The van der Waals surface area contributed by atoms with Crippen LogP contribution in [0.2, 0.25) is 0 Å². The Hall–Kier alpha value is -4.66. The van der Waals surface area contributed by atoms with Crippen LogP contribution < -0.4 is 0 Å². The van der Waals surface area contributed by atoms with Crippen LogP contribution >= 0.6 is 11.3 Å². The van der Waals surface area contributed by atoms with Crippen molar-refractivity contribution >= 4 is 53.3 Å². The van der Waals surface area contributed by atoms with Gasteiger partial charge in [0, 0.05) is 36.6 Å². The molecule has 0 N–H and O–H groups in total. The molecule has 0 amide bonds. The number of rotatable bonds is 3. The quantitative estimate of drug-likeness (QED) is 0.227. The Morgan fingerprint density at radius 3 is 1.76 bits per heavy atom. The lowest BCUT2D eigenvalue weighted by molar-refractivity contribution is 1.18. The van der Waals surface area contributed by atoms with Gasteiger partial charge in [0.15, 0.2) is 0 Å². The lowest BCUT2D eigenvalue weighted by Crippen LogP contribution is -1.93. The summed E-state index contributed by atoms with van der Waals surface area (Å²) in [5, 5.41) is 5.32. The van der Waals surface area contributed by atoms with Crippen LogP contribution in [0.15, 0.2) is 140 Å². The number of nitrogens with zero attached hydrogens (tertiary/aromatic N) is 1. The van der Waals surface area contributed by atoms with E-state index in [9.17, 15) is 0 Å². The van der Waals surface area contributed by atoms with E-state index in [4.69, 9.17) is 0 Å². The molecule has 8 aromatic rings. The van der Waals surface area contributed by atoms with E-state index in [-0.39, 0.29) is 0 Å². The molecule has 8 rings (SSSR count). The second-order valence-electron chi connectivity index (χ2n) is 9.78. The van der Waals surface area contributed by atoms with Crippen LogP contribution in [0.25, 0.3) is 69.9 Å². The van der Waals surface area contributed by atoms with Crippen molar-refractivity contribution in [2.45, 2.75) is 0 Å². The summed E-state index contributed by atoms with van der Waals surface area (Å²) in [5.41, 5.74) is 8.60. The van der Waals surface area contributed by atoms with E-state index in [1.165, 1.54) is 69.9 Å². The fourth-order valence-electron chi connectivity index (χ4n) is 5.85. The van der Waals surface area contributed by atoms with Crippen molar-refractivity contribution in [3.63, 3.8) is 0 Å². The maximum atomic E-state index is 2.43. The first kappa shape index (κ1) is 21.4. The van der Waals surface area contributed by atoms with Crippen molar-refractivity contribution in [1.82, 2.24) is 4.57 Å². The topological polar surface area (TPSA) is 4.93 Å². The van der Waals surface area contributed by atoms with Gasteiger partial charge >= 0.3 is 0 Å². The SMILES string of the molecule is c1ccc(-c2ccc(-n3c4ccc(-c5ccccc5)cc4c4c5c(ccc43)sc3ccccc35)cc2)cc1. The summed E-state index contributed by atoms with van der Waals surface area (Å²) in [6, 6.07) is 50.6. The molecule has 0 radical (unpaired) electrons. The molecule has 2 aromatic heterocycles. The Bertz CT molecular complexity index is 2100. The Labute approximate surface area is 224 Å². The lowest BCUT2D eigenvalue weighted by atomic mass is 10.0. The summed E-state index contributed by atoms with van der Waals surface area (Å²) in [4.78, 5) is 0. The molecule has 1 nitrogen and oxygen atoms in total. The van der Waals surface area contributed by atoms with E-state index < -0.39 is 0 Å². The van der Waals surface area contributed by atoms with Crippen molar-refractivity contribution in [3.8, 4) is 27.9 Å². The molecule has 2 heteroatoms. The van der Waals surface area contributed by atoms with Gasteiger partial charge in [-0.3, -0.25) is 0 Å². The minimum atomic E-state index is 1.18. The Kier molecular flexibility index (Phi) is 4.76. The number of hydrogen-bond acceptors (Lipinski definition) is 1. The maximum Gasteiger partial charge on any atom is 0.0548 e. The highest BCUT2D eigenvalue weighted by Crippen LogP contribution is 2.44. The monoisotopic (exact) mass is 501 g/mol. The molecule has 0 aliphatic heterocycles. The largest absolute Gasteiger partial charge is 0.309 e. The molecule has 0 fully saturated rings. The lowest BCUT2D eigenvalue weighted by Gasteiger charge is -2.10. The molecule has 0 atom stereocenters. The molecule has 0 saturated carbocycles. The standard InChI is InChI=1S/C36H23NS/c1-3-9-24(10-4-1)26-15-18-28(19-16-26)37-31-20-17-27(25-11-5-2-6-12-25)23-30(31)35-32(37)21-22-34-36(35)29-13-7-8-14-33(29)38-34/h1-23H. The number of hydrogen-bond donors (Lipinski definition) is 0. The van der Waals surface area contributed by atoms with Crippen LogP contribution in [-0.4, -0.2) is 4.57 Å². The van der Waals surface area contributed by atoms with Crippen molar-refractivity contribution in [3.05, 3.63) is 140 Å². The fraction of sp³-hybridized carbons (Fsp3) is 0. The Balaban J connectivity index is 1.45. The smallest absolute Gasteiger partial charge is 0.0548 e. The van der Waals surface area contributed by atoms with Crippen molar-refractivity contribution < 1.29 is 0 Å². The summed E-state index contributed by atoms with van der Waals surface area (Å²) in [7, 11) is 0. The van der Waals surface area contributed by atoms with E-state index in [0.717, 1.165) is 0 Å². The second-order valence-corrected chi connectivity index (χ2v) is 10.9. The molecule has 0 aliphatic carbocycles. The van der Waals surface area contributed by atoms with Gasteiger partial charge in [-0.25, -0.2) is 0 Å². The molecule has 0 spiro atoms. The molecular weight excluding hydrogens is 478 g/mol. The van der Waals surface area contributed by atoms with Gasteiger partial charge in [0.1, 0.15) is 0 Å². The van der Waals surface area contributed by atoms with Gasteiger partial charge in [0.2, 0.25) is 0 Å². The molecule has 0 bridgehead atoms. The number of fused-ring (bicyclic) bond motifs is 7. The second kappa shape index (κ2) is 8.44. The van der Waals surface area contributed by atoms with E-state index >= 15 is 0 Å². The zero-order valence-electron chi connectivity index (χ0n) is 20.6. The molecule has 0 unspecified atom stereocenters. The van der Waals surface area contributed by atoms with Crippen molar-refractivity contribution in [1.29, 1.82) is 0 Å². The van der Waals surface area contributed by atoms with Gasteiger partial charge in [0.25, 0.3) is 0 Å². The minimum Gasteiger partial charge on any atom is -0.309 e. The average molecular weight is 502 g/mol. The Morgan fingerprint density at radius 2 is 1.00 bits per heavy atom. The van der Waals surface area contributed by atoms with Crippen molar-refractivity contribution in [2.24, 2.45) is 0 Å². The normalized spacial score (nSPS) is 11.7. The molecule has 0 saturated heterocycles. The predicted octanol–water partition coefficient (Wildman–Crippen LogP) is 10.5. The van der Waals surface area contributed by atoms with E-state index in [1.54, 1.807) is 0 Å². The summed E-state index contributed by atoms with van der Waals surface area (Å²) in [6.45, 7) is 0. The fourth-order valence-corrected chi connectivity index (χ4v) is 6.96. The van der Waals surface area contributed by atoms with Crippen molar-refractivity contribution in [2.75, 3.05) is 0 Å². The highest BCUT2D eigenvalue weighted by molar-refractivity contribution is 7.26. The molecule has 178 valence electrons. The first-order valence-corrected chi connectivity index (χ1v) is 13.8. The zero-order valence-corrected chi connectivity index (χ0v) is 21.5. The molecular formula is C36H23NS. The maximum absolute atomic E-state index is 2.43. The predicted molar refractivity (Wildman–Crippen MR) is 165 cm³/mol. The summed E-state index contributed by atoms with van der Waals surface area (Å²) in [5.74, 6) is 0. The van der Waals surface area contributed by atoms with E-state index in [1.807, 2.05) is 11.3 Å². The van der Waals surface area contributed by atoms with Crippen LogP contribution in [0.3, 0.4) is 0 Å². The third kappa shape index (κ3) is 3.24. The summed E-state index contributed by atoms with van der Waals surface area (Å²) in [6.07, 6.45) is 0. The van der Waals surface area contributed by atoms with Crippen LogP contribution in [0, 0.1) is 0 Å². The minimum absolute atomic E-state index is 1.18. The third-order valence-corrected chi connectivity index (χ3v) is 8.74. The van der Waals surface area contributed by atoms with Crippen LogP contribution in [0.4, 0.5) is 0 Å². The summed E-state index contributed by atoms with van der Waals surface area (Å²) < 4.78 is 5.10. The van der Waals surface area contributed by atoms with Gasteiger partial charge in [-0.1, -0.05) is 97.1 Å². The van der Waals surface area contributed by atoms with Gasteiger partial charge in [-0.05, 0) is 64.7 Å². The Morgan fingerprint density at radius 1 is 0.395 bits per heavy atom. The zero-order chi connectivity index (χ0) is 25.1. The van der Waals surface area contributed by atoms with Gasteiger partial charge in [-0.2, -0.15) is 0 Å². The third-order valence-electron chi connectivity index (χ3n) is 7.61. The van der Waals surface area contributed by atoms with Crippen LogP contribution in [-0.2, 0) is 0 Å². The number of aromatic nitrogens is 1. The highest BCUT2D eigenvalue weighted by Gasteiger charge is 2.18. The number of benzene rings is 6. The molecule has 2 heterocycles. The van der Waals surface area contributed by atoms with E-state index in [2.05, 4.69) is 144 Å². The first-order chi connectivity index (χ1) is 18.8. The molecule has 0 aliphatic rings. The molecule has 38 heavy (non-hydrogen) atoms. The van der Waals surface area contributed by atoms with E-state index in [0.29, 0.717) is 0 Å². The van der Waals surface area contributed by atoms with Gasteiger partial charge in [0.05, 0.1) is 11.0 Å². The molecule has 6 aromatic carbocycles. The van der Waals surface area contributed by atoms with Gasteiger partial charge < -0.3 is 4.57 Å². The van der Waals surface area contributed by atoms with Crippen LogP contribution in [0.5, 0.6) is 0 Å².